The van der Waals surface area contributed by atoms with E-state index in [2.05, 4.69) is 10.1 Å². The van der Waals surface area contributed by atoms with Crippen molar-refractivity contribution in [2.24, 2.45) is 0 Å². The fourth-order valence-corrected chi connectivity index (χ4v) is 2.23. The maximum Gasteiger partial charge on any atom is 0.573 e. The first-order valence-electron chi connectivity index (χ1n) is 6.14. The largest absolute Gasteiger partial charge is 0.573 e. The third-order valence-corrected chi connectivity index (χ3v) is 3.46. The highest BCUT2D eigenvalue weighted by Gasteiger charge is 2.30. The van der Waals surface area contributed by atoms with Crippen LogP contribution in [-0.4, -0.2) is 28.6 Å². The number of nitrogens with one attached hydrogen (secondary N) is 1. The van der Waals surface area contributed by atoms with Crippen molar-refractivity contribution in [3.05, 3.63) is 29.8 Å². The van der Waals surface area contributed by atoms with Gasteiger partial charge >= 0.3 is 6.36 Å². The van der Waals surface area contributed by atoms with Gasteiger partial charge in [-0.15, -0.1) is 13.2 Å². The van der Waals surface area contributed by atoms with Crippen molar-refractivity contribution >= 4 is 10.8 Å². The molecular formula is C13H18F3NO2S. The molecule has 7 heteroatoms. The highest BCUT2D eigenvalue weighted by molar-refractivity contribution is 7.84. The molecule has 0 aliphatic heterocycles. The Morgan fingerprint density at radius 1 is 1.30 bits per heavy atom. The lowest BCUT2D eigenvalue weighted by Crippen LogP contribution is -2.27. The predicted octanol–water partition coefficient (Wildman–Crippen LogP) is 2.83. The van der Waals surface area contributed by atoms with Gasteiger partial charge in [0.2, 0.25) is 0 Å². The van der Waals surface area contributed by atoms with E-state index in [0.29, 0.717) is 12.3 Å². The van der Waals surface area contributed by atoms with Crippen molar-refractivity contribution < 1.29 is 22.1 Å². The quantitative estimate of drug-likeness (QED) is 0.842. The zero-order chi connectivity index (χ0) is 15.2. The van der Waals surface area contributed by atoms with Gasteiger partial charge in [0, 0.05) is 35.4 Å². The summed E-state index contributed by atoms with van der Waals surface area (Å²) in [5.74, 6) is 0.405. The summed E-state index contributed by atoms with van der Waals surface area (Å²) in [6.45, 7) is 2.53. The Kier molecular flexibility index (Phi) is 6.48. The van der Waals surface area contributed by atoms with E-state index >= 15 is 0 Å². The van der Waals surface area contributed by atoms with Gasteiger partial charge in [0.15, 0.2) is 0 Å². The molecular weight excluding hydrogens is 291 g/mol. The van der Waals surface area contributed by atoms with Crippen LogP contribution in [0.2, 0.25) is 0 Å². The van der Waals surface area contributed by atoms with Crippen molar-refractivity contribution in [1.29, 1.82) is 0 Å². The minimum absolute atomic E-state index is 0.199. The van der Waals surface area contributed by atoms with Crippen molar-refractivity contribution in [2.45, 2.75) is 32.3 Å². The Morgan fingerprint density at radius 3 is 2.40 bits per heavy atom. The molecule has 0 radical (unpaired) electrons. The van der Waals surface area contributed by atoms with Crippen LogP contribution in [0.4, 0.5) is 13.2 Å². The van der Waals surface area contributed by atoms with E-state index in [1.807, 2.05) is 6.92 Å². The Balaban J connectivity index is 2.40. The lowest BCUT2D eigenvalue weighted by molar-refractivity contribution is -0.274. The molecule has 0 bridgehead atoms. The maximum absolute atomic E-state index is 12.0. The molecule has 0 aromatic heterocycles. The van der Waals surface area contributed by atoms with E-state index in [9.17, 15) is 17.4 Å². The molecule has 2 atom stereocenters. The van der Waals surface area contributed by atoms with Crippen LogP contribution < -0.4 is 10.1 Å². The molecule has 1 N–H and O–H groups in total. The molecule has 0 saturated carbocycles. The Hall–Kier alpha value is -1.08. The first-order valence-corrected chi connectivity index (χ1v) is 7.87. The van der Waals surface area contributed by atoms with E-state index in [1.165, 1.54) is 12.1 Å². The number of alkyl halides is 3. The minimum atomic E-state index is -4.66. The van der Waals surface area contributed by atoms with Crippen LogP contribution in [0.25, 0.3) is 0 Å². The molecule has 0 spiro atoms. The topological polar surface area (TPSA) is 38.3 Å². The number of hydrogen-bond donors (Lipinski definition) is 1. The van der Waals surface area contributed by atoms with Crippen LogP contribution in [0.1, 0.15) is 18.9 Å². The Labute approximate surface area is 119 Å². The fraction of sp³-hybridized carbons (Fsp3) is 0.538. The van der Waals surface area contributed by atoms with Crippen LogP contribution in [0, 0.1) is 0 Å². The summed E-state index contributed by atoms with van der Waals surface area (Å²) in [6, 6.07) is 5.94. The molecule has 0 aliphatic rings. The number of benzene rings is 1. The first kappa shape index (κ1) is 17.0. The zero-order valence-corrected chi connectivity index (χ0v) is 12.2. The van der Waals surface area contributed by atoms with Crippen LogP contribution in [0.15, 0.2) is 24.3 Å². The summed E-state index contributed by atoms with van der Waals surface area (Å²) in [6.07, 6.45) is -2.21. The minimum Gasteiger partial charge on any atom is -0.406 e. The van der Waals surface area contributed by atoms with Crippen LogP contribution in [-0.2, 0) is 17.3 Å². The summed E-state index contributed by atoms with van der Waals surface area (Å²) in [7, 11) is -0.810. The van der Waals surface area contributed by atoms with Crippen LogP contribution in [0.5, 0.6) is 5.75 Å². The summed E-state index contributed by atoms with van der Waals surface area (Å²) in [5.41, 5.74) is 0.865. The van der Waals surface area contributed by atoms with Crippen LogP contribution in [0.3, 0.4) is 0 Å². The predicted molar refractivity (Wildman–Crippen MR) is 73.0 cm³/mol. The van der Waals surface area contributed by atoms with E-state index in [4.69, 9.17) is 0 Å². The molecule has 114 valence electrons. The molecule has 0 amide bonds. The van der Waals surface area contributed by atoms with Crippen molar-refractivity contribution in [2.75, 3.05) is 12.0 Å². The summed E-state index contributed by atoms with van der Waals surface area (Å²) >= 11 is 0. The third kappa shape index (κ3) is 7.49. The molecule has 0 saturated heterocycles. The van der Waals surface area contributed by atoms with E-state index < -0.39 is 17.2 Å². The lowest BCUT2D eigenvalue weighted by atomic mass is 10.2. The molecule has 2 unspecified atom stereocenters. The first-order chi connectivity index (χ1) is 9.26. The Bertz CT molecular complexity index is 434. The van der Waals surface area contributed by atoms with Gasteiger partial charge in [-0.25, -0.2) is 0 Å². The summed E-state index contributed by atoms with van der Waals surface area (Å²) in [5, 5.41) is 3.22. The van der Waals surface area contributed by atoms with E-state index in [0.717, 1.165) is 12.0 Å². The van der Waals surface area contributed by atoms with E-state index in [1.54, 1.807) is 18.4 Å². The number of hydrogen-bond acceptors (Lipinski definition) is 3. The molecule has 0 heterocycles. The van der Waals surface area contributed by atoms with Gasteiger partial charge in [-0.05, 0) is 31.0 Å². The van der Waals surface area contributed by atoms with E-state index in [-0.39, 0.29) is 11.8 Å². The fourth-order valence-electron chi connectivity index (χ4n) is 1.55. The zero-order valence-electron chi connectivity index (χ0n) is 11.4. The smallest absolute Gasteiger partial charge is 0.406 e. The van der Waals surface area contributed by atoms with Gasteiger partial charge in [0.25, 0.3) is 0 Å². The summed E-state index contributed by atoms with van der Waals surface area (Å²) < 4.78 is 50.7. The van der Waals surface area contributed by atoms with Crippen LogP contribution >= 0.6 is 0 Å². The molecule has 1 aromatic carbocycles. The molecule has 0 aliphatic carbocycles. The SMILES string of the molecule is CC(CCS(C)=O)NCc1ccc(OC(F)(F)F)cc1. The van der Waals surface area contributed by atoms with Gasteiger partial charge in [-0.2, -0.15) is 0 Å². The van der Waals surface area contributed by atoms with Crippen molar-refractivity contribution in [3.8, 4) is 5.75 Å². The molecule has 20 heavy (non-hydrogen) atoms. The standard InChI is InChI=1S/C13H18F3NO2S/c1-10(7-8-20(2)18)17-9-11-3-5-12(6-4-11)19-13(14,15)16/h3-6,10,17H,7-9H2,1-2H3. The van der Waals surface area contributed by atoms with Crippen molar-refractivity contribution in [1.82, 2.24) is 5.32 Å². The monoisotopic (exact) mass is 309 g/mol. The van der Waals surface area contributed by atoms with Gasteiger partial charge in [-0.1, -0.05) is 12.1 Å². The second kappa shape index (κ2) is 7.64. The average Bonchev–Trinajstić information content (AvgIpc) is 2.33. The van der Waals surface area contributed by atoms with Gasteiger partial charge in [0.1, 0.15) is 5.75 Å². The summed E-state index contributed by atoms with van der Waals surface area (Å²) in [4.78, 5) is 0. The average molecular weight is 309 g/mol. The lowest BCUT2D eigenvalue weighted by Gasteiger charge is -2.13. The highest BCUT2D eigenvalue weighted by Crippen LogP contribution is 2.22. The highest BCUT2D eigenvalue weighted by atomic mass is 32.2. The normalized spacial score (nSPS) is 14.8. The molecule has 0 fully saturated rings. The molecule has 1 aromatic rings. The third-order valence-electron chi connectivity index (χ3n) is 2.65. The number of halogens is 3. The number of rotatable bonds is 7. The van der Waals surface area contributed by atoms with Gasteiger partial charge in [0.05, 0.1) is 0 Å². The van der Waals surface area contributed by atoms with Crippen molar-refractivity contribution in [3.63, 3.8) is 0 Å². The maximum atomic E-state index is 12.0. The second-order valence-electron chi connectivity index (χ2n) is 4.54. The second-order valence-corrected chi connectivity index (χ2v) is 6.09. The molecule has 1 rings (SSSR count). The van der Waals surface area contributed by atoms with Gasteiger partial charge in [-0.3, -0.25) is 4.21 Å². The van der Waals surface area contributed by atoms with Gasteiger partial charge < -0.3 is 10.1 Å². The Morgan fingerprint density at radius 2 is 1.90 bits per heavy atom. The molecule has 3 nitrogen and oxygen atoms in total. The number of ether oxygens (including phenoxy) is 1.